The minimum atomic E-state index is 0.749. The maximum atomic E-state index is 3.93. The van der Waals surface area contributed by atoms with Gasteiger partial charge in [0.05, 0.1) is 0 Å². The highest BCUT2D eigenvalue weighted by molar-refractivity contribution is 4.87. The van der Waals surface area contributed by atoms with Crippen molar-refractivity contribution in [3.8, 4) is 0 Å². The summed E-state index contributed by atoms with van der Waals surface area (Å²) in [6.45, 7) is 10.9. The quantitative estimate of drug-likeness (QED) is 0.810. The molecule has 0 radical (unpaired) electrons. The summed E-state index contributed by atoms with van der Waals surface area (Å²) < 4.78 is 0. The zero-order valence-electron chi connectivity index (χ0n) is 11.9. The van der Waals surface area contributed by atoms with Crippen LogP contribution < -0.4 is 5.32 Å². The van der Waals surface area contributed by atoms with Crippen LogP contribution in [0.25, 0.3) is 0 Å². The normalized spacial score (nSPS) is 32.5. The van der Waals surface area contributed by atoms with Crippen LogP contribution in [-0.4, -0.2) is 36.6 Å². The molecule has 1 saturated heterocycles. The van der Waals surface area contributed by atoms with Crippen LogP contribution in [0.5, 0.6) is 0 Å². The van der Waals surface area contributed by atoms with Crippen molar-refractivity contribution in [2.45, 2.75) is 65.0 Å². The minimum Gasteiger partial charge on any atom is -0.310 e. The molecule has 100 valence electrons. The zero-order valence-corrected chi connectivity index (χ0v) is 11.9. The van der Waals surface area contributed by atoms with Crippen LogP contribution in [0.2, 0.25) is 0 Å². The van der Waals surface area contributed by atoms with Gasteiger partial charge in [-0.05, 0) is 37.6 Å². The van der Waals surface area contributed by atoms with Gasteiger partial charge in [0, 0.05) is 25.2 Å². The van der Waals surface area contributed by atoms with Crippen LogP contribution in [-0.2, 0) is 0 Å². The first-order valence-corrected chi connectivity index (χ1v) is 7.67. The largest absolute Gasteiger partial charge is 0.310 e. The van der Waals surface area contributed by atoms with Crippen molar-refractivity contribution in [1.29, 1.82) is 0 Å². The van der Waals surface area contributed by atoms with Crippen LogP contribution in [0.1, 0.15) is 52.9 Å². The van der Waals surface area contributed by atoms with Crippen molar-refractivity contribution >= 4 is 0 Å². The first-order valence-electron chi connectivity index (χ1n) is 7.67. The van der Waals surface area contributed by atoms with E-state index < -0.39 is 0 Å². The minimum absolute atomic E-state index is 0.749. The Balaban J connectivity index is 1.86. The highest BCUT2D eigenvalue weighted by Crippen LogP contribution is 2.26. The van der Waals surface area contributed by atoms with E-state index in [1.807, 2.05) is 0 Å². The molecule has 2 aliphatic rings. The maximum absolute atomic E-state index is 3.93. The Hall–Kier alpha value is -0.0800. The fourth-order valence-electron chi connectivity index (χ4n) is 3.52. The molecule has 2 rings (SSSR count). The molecule has 0 aromatic heterocycles. The molecule has 0 amide bonds. The molecule has 2 fully saturated rings. The molecule has 2 heteroatoms. The summed E-state index contributed by atoms with van der Waals surface area (Å²) in [5.41, 5.74) is 0. The van der Waals surface area contributed by atoms with Crippen LogP contribution in [0.15, 0.2) is 0 Å². The van der Waals surface area contributed by atoms with Crippen LogP contribution in [0.3, 0.4) is 0 Å². The summed E-state index contributed by atoms with van der Waals surface area (Å²) in [5.74, 6) is 1.72. The molecule has 1 aliphatic carbocycles. The third-order valence-corrected chi connectivity index (χ3v) is 4.78. The second-order valence-corrected chi connectivity index (χ2v) is 6.44. The van der Waals surface area contributed by atoms with E-state index in [4.69, 9.17) is 0 Å². The Morgan fingerprint density at radius 3 is 2.41 bits per heavy atom. The van der Waals surface area contributed by atoms with E-state index in [1.54, 1.807) is 0 Å². The fourth-order valence-corrected chi connectivity index (χ4v) is 3.52. The Morgan fingerprint density at radius 1 is 1.12 bits per heavy atom. The monoisotopic (exact) mass is 238 g/mol. The molecule has 0 aromatic carbocycles. The molecule has 0 bridgehead atoms. The average molecular weight is 238 g/mol. The highest BCUT2D eigenvalue weighted by atomic mass is 15.2. The lowest BCUT2D eigenvalue weighted by Gasteiger charge is -2.40. The van der Waals surface area contributed by atoms with E-state index in [-0.39, 0.29) is 0 Å². The van der Waals surface area contributed by atoms with Crippen LogP contribution in [0.4, 0.5) is 0 Å². The summed E-state index contributed by atoms with van der Waals surface area (Å²) in [7, 11) is 0. The predicted molar refractivity (Wildman–Crippen MR) is 74.2 cm³/mol. The topological polar surface area (TPSA) is 15.3 Å². The molecule has 2 atom stereocenters. The number of piperidine rings is 1. The van der Waals surface area contributed by atoms with Gasteiger partial charge < -0.3 is 10.2 Å². The first-order chi connectivity index (χ1) is 8.19. The Labute approximate surface area is 107 Å². The summed E-state index contributed by atoms with van der Waals surface area (Å²) in [4.78, 5) is 2.64. The number of likely N-dealkylation sites (N-methyl/N-ethyl adjacent to an activating group) is 1. The number of rotatable bonds is 4. The number of likely N-dealkylation sites (tertiary alicyclic amines) is 1. The lowest BCUT2D eigenvalue weighted by molar-refractivity contribution is 0.116. The van der Waals surface area contributed by atoms with Crippen LogP contribution >= 0.6 is 0 Å². The molecular formula is C15H30N2. The zero-order chi connectivity index (χ0) is 12.3. The molecular weight excluding hydrogens is 208 g/mol. The molecule has 0 aromatic rings. The average Bonchev–Trinajstić information content (AvgIpc) is 2.81. The van der Waals surface area contributed by atoms with E-state index in [0.29, 0.717) is 0 Å². The van der Waals surface area contributed by atoms with Crippen molar-refractivity contribution in [1.82, 2.24) is 10.2 Å². The van der Waals surface area contributed by atoms with E-state index in [0.717, 1.165) is 23.9 Å². The van der Waals surface area contributed by atoms with Crippen molar-refractivity contribution in [2.24, 2.45) is 11.8 Å². The van der Waals surface area contributed by atoms with Crippen molar-refractivity contribution < 1.29 is 0 Å². The van der Waals surface area contributed by atoms with Gasteiger partial charge in [-0.3, -0.25) is 0 Å². The van der Waals surface area contributed by atoms with Crippen molar-refractivity contribution in [3.63, 3.8) is 0 Å². The molecule has 1 aliphatic heterocycles. The SMILES string of the molecule is CCN1CC(NC2CCCC2)CC(C(C)C)C1. The third-order valence-electron chi connectivity index (χ3n) is 4.78. The van der Waals surface area contributed by atoms with Gasteiger partial charge in [-0.15, -0.1) is 0 Å². The number of hydrogen-bond donors (Lipinski definition) is 1. The smallest absolute Gasteiger partial charge is 0.0200 e. The molecule has 1 heterocycles. The van der Waals surface area contributed by atoms with Gasteiger partial charge in [-0.2, -0.15) is 0 Å². The molecule has 17 heavy (non-hydrogen) atoms. The van der Waals surface area contributed by atoms with Gasteiger partial charge in [-0.25, -0.2) is 0 Å². The lowest BCUT2D eigenvalue weighted by atomic mass is 9.85. The second-order valence-electron chi connectivity index (χ2n) is 6.44. The predicted octanol–water partition coefficient (Wildman–Crippen LogP) is 2.89. The number of nitrogens with zero attached hydrogens (tertiary/aromatic N) is 1. The maximum Gasteiger partial charge on any atom is 0.0200 e. The Bertz CT molecular complexity index is 219. The Morgan fingerprint density at radius 2 is 1.82 bits per heavy atom. The third kappa shape index (κ3) is 3.69. The van der Waals surface area contributed by atoms with Gasteiger partial charge in [0.15, 0.2) is 0 Å². The van der Waals surface area contributed by atoms with Crippen molar-refractivity contribution in [3.05, 3.63) is 0 Å². The number of nitrogens with one attached hydrogen (secondary N) is 1. The van der Waals surface area contributed by atoms with Crippen LogP contribution in [0, 0.1) is 11.8 Å². The molecule has 1 saturated carbocycles. The highest BCUT2D eigenvalue weighted by Gasteiger charge is 2.29. The van der Waals surface area contributed by atoms with E-state index >= 15 is 0 Å². The fraction of sp³-hybridized carbons (Fsp3) is 1.00. The Kier molecular flexibility index (Phi) is 4.87. The van der Waals surface area contributed by atoms with Gasteiger partial charge in [0.1, 0.15) is 0 Å². The van der Waals surface area contributed by atoms with E-state index in [2.05, 4.69) is 31.0 Å². The second kappa shape index (κ2) is 6.19. The first kappa shape index (κ1) is 13.4. The van der Waals surface area contributed by atoms with Gasteiger partial charge in [-0.1, -0.05) is 33.6 Å². The van der Waals surface area contributed by atoms with E-state index in [1.165, 1.54) is 51.7 Å². The van der Waals surface area contributed by atoms with Crippen molar-refractivity contribution in [2.75, 3.05) is 19.6 Å². The summed E-state index contributed by atoms with van der Waals surface area (Å²) in [5, 5.41) is 3.93. The lowest BCUT2D eigenvalue weighted by Crippen LogP contribution is -2.52. The van der Waals surface area contributed by atoms with Gasteiger partial charge in [0.2, 0.25) is 0 Å². The summed E-state index contributed by atoms with van der Waals surface area (Å²) in [6.07, 6.45) is 7.10. The van der Waals surface area contributed by atoms with Gasteiger partial charge in [0.25, 0.3) is 0 Å². The molecule has 1 N–H and O–H groups in total. The molecule has 0 spiro atoms. The standard InChI is InChI=1S/C15H30N2/c1-4-17-10-13(12(2)3)9-15(11-17)16-14-7-5-6-8-14/h12-16H,4-11H2,1-3H3. The molecule has 2 unspecified atom stereocenters. The van der Waals surface area contributed by atoms with Gasteiger partial charge >= 0.3 is 0 Å². The molecule has 2 nitrogen and oxygen atoms in total. The number of hydrogen-bond acceptors (Lipinski definition) is 2. The summed E-state index contributed by atoms with van der Waals surface area (Å²) in [6, 6.07) is 1.57. The van der Waals surface area contributed by atoms with E-state index in [9.17, 15) is 0 Å². The summed E-state index contributed by atoms with van der Waals surface area (Å²) >= 11 is 0.